The van der Waals surface area contributed by atoms with Gasteiger partial charge in [0.05, 0.1) is 12.2 Å². The Labute approximate surface area is 127 Å². The fourth-order valence-electron chi connectivity index (χ4n) is 2.70. The van der Waals surface area contributed by atoms with Crippen molar-refractivity contribution in [2.24, 2.45) is 5.73 Å². The minimum Gasteiger partial charge on any atom is -0.486 e. The minimum absolute atomic E-state index is 0.164. The van der Waals surface area contributed by atoms with Crippen LogP contribution in [-0.4, -0.2) is 31.5 Å². The number of nitrogens with zero attached hydrogens (tertiary/aromatic N) is 1. The fraction of sp³-hybridized carbons (Fsp3) is 0.588. The lowest BCUT2D eigenvalue weighted by atomic mass is 10.0. The molecule has 1 atom stereocenters. The summed E-state index contributed by atoms with van der Waals surface area (Å²) in [5.74, 6) is 1.06. The zero-order valence-corrected chi connectivity index (χ0v) is 13.1. The average Bonchev–Trinajstić information content (AvgIpc) is 2.52. The lowest BCUT2D eigenvalue weighted by Gasteiger charge is -2.36. The average molecular weight is 290 g/mol. The molecule has 0 saturated heterocycles. The van der Waals surface area contributed by atoms with E-state index in [1.807, 2.05) is 18.2 Å². The molecular formula is C17H26N2O2. The summed E-state index contributed by atoms with van der Waals surface area (Å²) < 4.78 is 6.00. The van der Waals surface area contributed by atoms with Gasteiger partial charge in [-0.3, -0.25) is 4.79 Å². The third-order valence-electron chi connectivity index (χ3n) is 3.90. The SMILES string of the molecule is CCCN1CC(CC)Oc2ccc(C(=O)CCCN)cc21. The summed E-state index contributed by atoms with van der Waals surface area (Å²) in [6, 6.07) is 5.80. The number of benzene rings is 1. The van der Waals surface area contributed by atoms with Gasteiger partial charge in [0, 0.05) is 18.5 Å². The Balaban J connectivity index is 2.24. The molecule has 21 heavy (non-hydrogen) atoms. The van der Waals surface area contributed by atoms with Crippen molar-refractivity contribution >= 4 is 11.5 Å². The quantitative estimate of drug-likeness (QED) is 0.784. The number of carbonyl (C=O) groups is 1. The molecule has 0 saturated carbocycles. The van der Waals surface area contributed by atoms with Crippen molar-refractivity contribution in [3.05, 3.63) is 23.8 Å². The van der Waals surface area contributed by atoms with Crippen LogP contribution in [0.2, 0.25) is 0 Å². The zero-order valence-electron chi connectivity index (χ0n) is 13.1. The van der Waals surface area contributed by atoms with E-state index in [9.17, 15) is 4.79 Å². The van der Waals surface area contributed by atoms with Gasteiger partial charge < -0.3 is 15.4 Å². The second-order valence-corrected chi connectivity index (χ2v) is 5.59. The Morgan fingerprint density at radius 3 is 2.90 bits per heavy atom. The molecule has 4 nitrogen and oxygen atoms in total. The highest BCUT2D eigenvalue weighted by Gasteiger charge is 2.25. The maximum Gasteiger partial charge on any atom is 0.163 e. The Morgan fingerprint density at radius 1 is 1.43 bits per heavy atom. The first-order valence-corrected chi connectivity index (χ1v) is 7.98. The highest BCUT2D eigenvalue weighted by Crippen LogP contribution is 2.35. The van der Waals surface area contributed by atoms with E-state index >= 15 is 0 Å². The number of hydrogen-bond acceptors (Lipinski definition) is 4. The maximum absolute atomic E-state index is 12.2. The molecule has 2 N–H and O–H groups in total. The van der Waals surface area contributed by atoms with Crippen LogP contribution in [-0.2, 0) is 0 Å². The number of fused-ring (bicyclic) bond motifs is 1. The Morgan fingerprint density at radius 2 is 2.24 bits per heavy atom. The molecule has 0 amide bonds. The maximum atomic E-state index is 12.2. The smallest absolute Gasteiger partial charge is 0.163 e. The van der Waals surface area contributed by atoms with E-state index in [2.05, 4.69) is 18.7 Å². The third-order valence-corrected chi connectivity index (χ3v) is 3.90. The molecule has 4 heteroatoms. The topological polar surface area (TPSA) is 55.6 Å². The van der Waals surface area contributed by atoms with Crippen LogP contribution in [0.15, 0.2) is 18.2 Å². The van der Waals surface area contributed by atoms with E-state index in [4.69, 9.17) is 10.5 Å². The highest BCUT2D eigenvalue weighted by atomic mass is 16.5. The summed E-state index contributed by atoms with van der Waals surface area (Å²) in [5.41, 5.74) is 7.30. The van der Waals surface area contributed by atoms with Gasteiger partial charge in [-0.15, -0.1) is 0 Å². The van der Waals surface area contributed by atoms with Crippen molar-refractivity contribution < 1.29 is 9.53 Å². The monoisotopic (exact) mass is 290 g/mol. The molecule has 2 rings (SSSR count). The van der Waals surface area contributed by atoms with Gasteiger partial charge in [-0.1, -0.05) is 13.8 Å². The number of ketones is 1. The van der Waals surface area contributed by atoms with Gasteiger partial charge in [0.15, 0.2) is 5.78 Å². The summed E-state index contributed by atoms with van der Waals surface area (Å²) in [5, 5.41) is 0. The van der Waals surface area contributed by atoms with E-state index in [0.29, 0.717) is 13.0 Å². The van der Waals surface area contributed by atoms with Crippen molar-refractivity contribution in [3.63, 3.8) is 0 Å². The second kappa shape index (κ2) is 7.46. The Kier molecular flexibility index (Phi) is 5.62. The van der Waals surface area contributed by atoms with Gasteiger partial charge in [-0.2, -0.15) is 0 Å². The molecule has 1 aliphatic rings. The predicted molar refractivity (Wildman–Crippen MR) is 86.3 cm³/mol. The molecule has 0 bridgehead atoms. The van der Waals surface area contributed by atoms with Crippen LogP contribution >= 0.6 is 0 Å². The molecule has 0 spiro atoms. The number of nitrogens with two attached hydrogens (primary N) is 1. The van der Waals surface area contributed by atoms with Crippen LogP contribution in [0, 0.1) is 0 Å². The van der Waals surface area contributed by atoms with Gasteiger partial charge in [0.1, 0.15) is 11.9 Å². The van der Waals surface area contributed by atoms with Crippen molar-refractivity contribution in [3.8, 4) is 5.75 Å². The lowest BCUT2D eigenvalue weighted by molar-refractivity contribution is 0.0980. The fourth-order valence-corrected chi connectivity index (χ4v) is 2.70. The molecule has 1 aliphatic heterocycles. The first-order valence-electron chi connectivity index (χ1n) is 7.98. The summed E-state index contributed by atoms with van der Waals surface area (Å²) in [6.07, 6.45) is 3.57. The number of anilines is 1. The lowest BCUT2D eigenvalue weighted by Crippen LogP contribution is -2.40. The number of rotatable bonds is 7. The van der Waals surface area contributed by atoms with Crippen molar-refractivity contribution in [1.82, 2.24) is 0 Å². The van der Waals surface area contributed by atoms with Crippen molar-refractivity contribution in [2.45, 2.75) is 45.6 Å². The van der Waals surface area contributed by atoms with E-state index in [1.165, 1.54) is 0 Å². The van der Waals surface area contributed by atoms with Crippen molar-refractivity contribution in [1.29, 1.82) is 0 Å². The summed E-state index contributed by atoms with van der Waals surface area (Å²) >= 11 is 0. The number of Topliss-reactive ketones (excluding diaryl/α,β-unsaturated/α-hetero) is 1. The third kappa shape index (κ3) is 3.76. The first-order chi connectivity index (χ1) is 10.2. The number of carbonyl (C=O) groups excluding carboxylic acids is 1. The van der Waals surface area contributed by atoms with E-state index in [1.54, 1.807) is 0 Å². The largest absolute Gasteiger partial charge is 0.486 e. The molecule has 1 unspecified atom stereocenters. The van der Waals surface area contributed by atoms with E-state index in [-0.39, 0.29) is 11.9 Å². The van der Waals surface area contributed by atoms with Crippen LogP contribution in [0.3, 0.4) is 0 Å². The Hall–Kier alpha value is -1.55. The van der Waals surface area contributed by atoms with Gasteiger partial charge >= 0.3 is 0 Å². The molecular weight excluding hydrogens is 264 g/mol. The van der Waals surface area contributed by atoms with Gasteiger partial charge in [-0.25, -0.2) is 0 Å². The molecule has 0 aliphatic carbocycles. The summed E-state index contributed by atoms with van der Waals surface area (Å²) in [7, 11) is 0. The first kappa shape index (κ1) is 15.8. The van der Waals surface area contributed by atoms with Gasteiger partial charge in [0.2, 0.25) is 0 Å². The van der Waals surface area contributed by atoms with Gasteiger partial charge in [-0.05, 0) is 44.0 Å². The van der Waals surface area contributed by atoms with Crippen LogP contribution in [0.5, 0.6) is 5.75 Å². The number of hydrogen-bond donors (Lipinski definition) is 1. The molecule has 1 aromatic carbocycles. The molecule has 1 aromatic rings. The summed E-state index contributed by atoms with van der Waals surface area (Å²) in [6.45, 7) is 6.77. The minimum atomic E-state index is 0.164. The molecule has 0 radical (unpaired) electrons. The molecule has 1 heterocycles. The zero-order chi connectivity index (χ0) is 15.2. The standard InChI is InChI=1S/C17H26N2O2/c1-3-10-19-12-14(4-2)21-17-8-7-13(11-15(17)19)16(20)6-5-9-18/h7-8,11,14H,3-6,9-10,12,18H2,1-2H3. The highest BCUT2D eigenvalue weighted by molar-refractivity contribution is 5.97. The van der Waals surface area contributed by atoms with Crippen molar-refractivity contribution in [2.75, 3.05) is 24.5 Å². The predicted octanol–water partition coefficient (Wildman–Crippen LogP) is 3.00. The Bertz CT molecular complexity index is 488. The summed E-state index contributed by atoms with van der Waals surface area (Å²) in [4.78, 5) is 14.5. The molecule has 0 aromatic heterocycles. The normalized spacial score (nSPS) is 17.3. The van der Waals surface area contributed by atoms with Crippen LogP contribution in [0.25, 0.3) is 0 Å². The van der Waals surface area contributed by atoms with Crippen LogP contribution < -0.4 is 15.4 Å². The number of ether oxygens (including phenoxy) is 1. The van der Waals surface area contributed by atoms with Crippen LogP contribution in [0.1, 0.15) is 49.9 Å². The molecule has 0 fully saturated rings. The van der Waals surface area contributed by atoms with Crippen LogP contribution in [0.4, 0.5) is 5.69 Å². The molecule has 116 valence electrons. The van der Waals surface area contributed by atoms with E-state index in [0.717, 1.165) is 49.4 Å². The van der Waals surface area contributed by atoms with Gasteiger partial charge in [0.25, 0.3) is 0 Å². The van der Waals surface area contributed by atoms with E-state index < -0.39 is 0 Å². The second-order valence-electron chi connectivity index (χ2n) is 5.59.